The molecular formula is C26H30ClNO3. The van der Waals surface area contributed by atoms with Crippen LogP contribution in [0.5, 0.6) is 5.75 Å². The van der Waals surface area contributed by atoms with E-state index < -0.39 is 5.60 Å². The molecule has 164 valence electrons. The highest BCUT2D eigenvalue weighted by Gasteiger charge is 2.43. The zero-order valence-corrected chi connectivity index (χ0v) is 18.6. The average molecular weight is 440 g/mol. The summed E-state index contributed by atoms with van der Waals surface area (Å²) in [6.45, 7) is 3.89. The molecule has 4 rings (SSSR count). The number of para-hydroxylation sites is 1. The van der Waals surface area contributed by atoms with Crippen molar-refractivity contribution in [1.82, 2.24) is 4.90 Å². The second-order valence-electron chi connectivity index (χ2n) is 7.71. The first kappa shape index (κ1) is 23.3. The monoisotopic (exact) mass is 439 g/mol. The number of hydrogen-bond donors (Lipinski definition) is 1. The predicted molar refractivity (Wildman–Crippen MR) is 126 cm³/mol. The van der Waals surface area contributed by atoms with Crippen molar-refractivity contribution in [1.29, 1.82) is 0 Å². The van der Waals surface area contributed by atoms with Gasteiger partial charge in [-0.25, -0.2) is 0 Å². The first-order valence-electron chi connectivity index (χ1n) is 10.5. The summed E-state index contributed by atoms with van der Waals surface area (Å²) >= 11 is 0. The second-order valence-corrected chi connectivity index (χ2v) is 7.71. The molecule has 5 heteroatoms. The summed E-state index contributed by atoms with van der Waals surface area (Å²) in [4.78, 5) is 2.38. The van der Waals surface area contributed by atoms with Crippen LogP contribution in [0.25, 0.3) is 0 Å². The van der Waals surface area contributed by atoms with E-state index in [2.05, 4.69) is 17.0 Å². The number of halogens is 1. The highest BCUT2D eigenvalue weighted by atomic mass is 35.5. The number of hydrogen-bond acceptors (Lipinski definition) is 4. The van der Waals surface area contributed by atoms with Gasteiger partial charge in [0.15, 0.2) is 0 Å². The molecule has 1 aliphatic heterocycles. The molecule has 2 atom stereocenters. The van der Waals surface area contributed by atoms with Gasteiger partial charge >= 0.3 is 0 Å². The van der Waals surface area contributed by atoms with Gasteiger partial charge in [0.1, 0.15) is 11.4 Å². The summed E-state index contributed by atoms with van der Waals surface area (Å²) in [5.74, 6) is 0.502. The second kappa shape index (κ2) is 10.8. The van der Waals surface area contributed by atoms with Gasteiger partial charge < -0.3 is 14.6 Å². The van der Waals surface area contributed by atoms with E-state index in [9.17, 15) is 5.11 Å². The van der Waals surface area contributed by atoms with E-state index in [-0.39, 0.29) is 18.3 Å². The molecule has 0 aromatic heterocycles. The van der Waals surface area contributed by atoms with Crippen molar-refractivity contribution in [2.75, 3.05) is 40.0 Å². The Labute approximate surface area is 190 Å². The molecule has 0 radical (unpaired) electrons. The van der Waals surface area contributed by atoms with Crippen LogP contribution in [0, 0.1) is 0 Å². The third kappa shape index (κ3) is 4.94. The Morgan fingerprint density at radius 3 is 2.13 bits per heavy atom. The molecule has 1 aliphatic rings. The molecule has 0 saturated carbocycles. The van der Waals surface area contributed by atoms with Crippen molar-refractivity contribution in [2.24, 2.45) is 0 Å². The normalized spacial score (nSPS) is 17.2. The molecule has 0 bridgehead atoms. The Bertz CT molecular complexity index is 932. The summed E-state index contributed by atoms with van der Waals surface area (Å²) in [5, 5.41) is 12.6. The maximum absolute atomic E-state index is 12.6. The molecular weight excluding hydrogens is 410 g/mol. The first-order chi connectivity index (χ1) is 14.7. The minimum atomic E-state index is -1.26. The van der Waals surface area contributed by atoms with Crippen LogP contribution in [0.4, 0.5) is 0 Å². The van der Waals surface area contributed by atoms with E-state index in [0.29, 0.717) is 5.75 Å². The molecule has 31 heavy (non-hydrogen) atoms. The van der Waals surface area contributed by atoms with Crippen LogP contribution in [-0.2, 0) is 10.3 Å². The first-order valence-corrected chi connectivity index (χ1v) is 10.5. The summed E-state index contributed by atoms with van der Waals surface area (Å²) in [6.07, 6.45) is 0. The van der Waals surface area contributed by atoms with Gasteiger partial charge in [-0.05, 0) is 17.2 Å². The highest BCUT2D eigenvalue weighted by molar-refractivity contribution is 5.85. The van der Waals surface area contributed by atoms with Crippen LogP contribution in [0.1, 0.15) is 22.6 Å². The maximum atomic E-state index is 12.6. The quantitative estimate of drug-likeness (QED) is 0.589. The fraction of sp³-hybridized carbons (Fsp3) is 0.308. The minimum Gasteiger partial charge on any atom is -0.496 e. The Morgan fingerprint density at radius 1 is 0.903 bits per heavy atom. The molecule has 0 aliphatic carbocycles. The van der Waals surface area contributed by atoms with Crippen LogP contribution in [0.3, 0.4) is 0 Å². The Balaban J connectivity index is 0.00000272. The van der Waals surface area contributed by atoms with Crippen molar-refractivity contribution in [3.63, 3.8) is 0 Å². The van der Waals surface area contributed by atoms with E-state index in [0.717, 1.165) is 49.5 Å². The van der Waals surface area contributed by atoms with Gasteiger partial charge in [0.2, 0.25) is 0 Å². The third-order valence-electron chi connectivity index (χ3n) is 5.98. The van der Waals surface area contributed by atoms with E-state index >= 15 is 0 Å². The molecule has 4 nitrogen and oxygen atoms in total. The van der Waals surface area contributed by atoms with E-state index in [1.165, 1.54) is 0 Å². The number of aliphatic hydroxyl groups is 1. The SMILES string of the molecule is COc1ccccc1C(O)(c1ccccc1)C(CN1CCOCC1)c1ccccc1.Cl. The fourth-order valence-corrected chi connectivity index (χ4v) is 4.40. The zero-order valence-electron chi connectivity index (χ0n) is 17.8. The minimum absolute atomic E-state index is 0. The van der Waals surface area contributed by atoms with Crippen molar-refractivity contribution in [3.05, 3.63) is 102 Å². The topological polar surface area (TPSA) is 41.9 Å². The van der Waals surface area contributed by atoms with Crippen LogP contribution >= 0.6 is 12.4 Å². The third-order valence-corrected chi connectivity index (χ3v) is 5.98. The zero-order chi connectivity index (χ0) is 20.8. The van der Waals surface area contributed by atoms with Crippen molar-refractivity contribution in [2.45, 2.75) is 11.5 Å². The molecule has 1 N–H and O–H groups in total. The molecule has 1 heterocycles. The number of nitrogens with zero attached hydrogens (tertiary/aromatic N) is 1. The molecule has 1 fully saturated rings. The summed E-state index contributed by atoms with van der Waals surface area (Å²) in [5.41, 5.74) is 1.48. The van der Waals surface area contributed by atoms with Gasteiger partial charge in [-0.3, -0.25) is 4.90 Å². The Hall–Kier alpha value is -2.37. The van der Waals surface area contributed by atoms with Gasteiger partial charge in [-0.1, -0.05) is 78.9 Å². The van der Waals surface area contributed by atoms with Crippen LogP contribution in [-0.4, -0.2) is 50.0 Å². The Kier molecular flexibility index (Phi) is 8.10. The number of methoxy groups -OCH3 is 1. The number of rotatable bonds is 7. The number of benzene rings is 3. The lowest BCUT2D eigenvalue weighted by Gasteiger charge is -2.41. The van der Waals surface area contributed by atoms with Gasteiger partial charge in [-0.2, -0.15) is 0 Å². The van der Waals surface area contributed by atoms with E-state index in [4.69, 9.17) is 9.47 Å². The Morgan fingerprint density at radius 2 is 1.48 bits per heavy atom. The molecule has 2 unspecified atom stereocenters. The lowest BCUT2D eigenvalue weighted by Crippen LogP contribution is -2.45. The smallest absolute Gasteiger partial charge is 0.126 e. The standard InChI is InChI=1S/C26H29NO3.ClH/c1-29-25-15-9-8-14-23(25)26(28,22-12-6-3-7-13-22)24(21-10-4-2-5-11-21)20-27-16-18-30-19-17-27;/h2-15,24,28H,16-20H2,1H3;1H. The maximum Gasteiger partial charge on any atom is 0.126 e. The molecule has 0 amide bonds. The molecule has 0 spiro atoms. The lowest BCUT2D eigenvalue weighted by molar-refractivity contribution is -0.000134. The predicted octanol–water partition coefficient (Wildman–Crippen LogP) is 4.47. The number of ether oxygens (including phenoxy) is 2. The van der Waals surface area contributed by atoms with Gasteiger partial charge in [0.05, 0.1) is 20.3 Å². The lowest BCUT2D eigenvalue weighted by atomic mass is 9.72. The van der Waals surface area contributed by atoms with Crippen molar-refractivity contribution >= 4 is 12.4 Å². The van der Waals surface area contributed by atoms with Crippen LogP contribution in [0.15, 0.2) is 84.9 Å². The van der Waals surface area contributed by atoms with Gasteiger partial charge in [0, 0.05) is 31.1 Å². The molecule has 3 aromatic carbocycles. The average Bonchev–Trinajstić information content (AvgIpc) is 2.84. The van der Waals surface area contributed by atoms with Crippen LogP contribution < -0.4 is 4.74 Å². The summed E-state index contributed by atoms with van der Waals surface area (Å²) in [6, 6.07) is 28.0. The fourth-order valence-electron chi connectivity index (χ4n) is 4.40. The van der Waals surface area contributed by atoms with Crippen molar-refractivity contribution in [3.8, 4) is 5.75 Å². The van der Waals surface area contributed by atoms with Gasteiger partial charge in [0.25, 0.3) is 0 Å². The summed E-state index contributed by atoms with van der Waals surface area (Å²) in [7, 11) is 1.66. The largest absolute Gasteiger partial charge is 0.496 e. The van der Waals surface area contributed by atoms with E-state index in [1.807, 2.05) is 72.8 Å². The summed E-state index contributed by atoms with van der Waals surface area (Å²) < 4.78 is 11.2. The number of morpholine rings is 1. The van der Waals surface area contributed by atoms with Crippen LogP contribution in [0.2, 0.25) is 0 Å². The van der Waals surface area contributed by atoms with Crippen molar-refractivity contribution < 1.29 is 14.6 Å². The molecule has 1 saturated heterocycles. The van der Waals surface area contributed by atoms with Gasteiger partial charge in [-0.15, -0.1) is 12.4 Å². The molecule has 3 aromatic rings. The van der Waals surface area contributed by atoms with E-state index in [1.54, 1.807) is 7.11 Å². The highest BCUT2D eigenvalue weighted by Crippen LogP contribution is 2.46.